The summed E-state index contributed by atoms with van der Waals surface area (Å²) in [4.78, 5) is 12.2. The minimum Gasteiger partial charge on any atom is -0.459 e. The van der Waals surface area contributed by atoms with Crippen LogP contribution in [0.4, 0.5) is 0 Å². The van der Waals surface area contributed by atoms with Crippen LogP contribution in [-0.4, -0.2) is 31.8 Å². The molecule has 0 amide bonds. The number of rotatable bonds is 8. The van der Waals surface area contributed by atoms with Crippen LogP contribution in [0.1, 0.15) is 61.3 Å². The summed E-state index contributed by atoms with van der Waals surface area (Å²) in [6, 6.07) is -0.827. The maximum atomic E-state index is 12.2. The van der Waals surface area contributed by atoms with Gasteiger partial charge in [0, 0.05) is 0 Å². The zero-order valence-corrected chi connectivity index (χ0v) is 15.2. The van der Waals surface area contributed by atoms with Crippen molar-refractivity contribution in [3.63, 3.8) is 0 Å². The molecule has 2 atom stereocenters. The Morgan fingerprint density at radius 1 is 1.19 bits per heavy atom. The first-order valence-corrected chi connectivity index (χ1v) is 9.26. The lowest BCUT2D eigenvalue weighted by Gasteiger charge is -2.27. The Kier molecular flexibility index (Phi) is 7.89. The van der Waals surface area contributed by atoms with Crippen LogP contribution in [0.2, 0.25) is 0 Å². The fourth-order valence-electron chi connectivity index (χ4n) is 1.64. The van der Waals surface area contributed by atoms with Gasteiger partial charge in [-0.05, 0) is 39.0 Å². The van der Waals surface area contributed by atoms with Crippen LogP contribution >= 0.6 is 0 Å². The van der Waals surface area contributed by atoms with Gasteiger partial charge in [-0.25, -0.2) is 13.1 Å². The summed E-state index contributed by atoms with van der Waals surface area (Å²) >= 11 is 0. The van der Waals surface area contributed by atoms with Crippen molar-refractivity contribution in [3.8, 4) is 0 Å². The number of esters is 1. The molecule has 6 heteroatoms. The molecular formula is C15H31NO4S. The van der Waals surface area contributed by atoms with Crippen LogP contribution < -0.4 is 4.72 Å². The van der Waals surface area contributed by atoms with Gasteiger partial charge in [0.15, 0.2) is 0 Å². The highest BCUT2D eigenvalue weighted by molar-refractivity contribution is 7.89. The summed E-state index contributed by atoms with van der Waals surface area (Å²) in [5.74, 6) is -0.302. The average Bonchev–Trinajstić information content (AvgIpc) is 2.30. The highest BCUT2D eigenvalue weighted by Gasteiger charge is 2.32. The van der Waals surface area contributed by atoms with E-state index in [0.29, 0.717) is 18.8 Å². The molecule has 0 rings (SSSR count). The normalized spacial score (nSPS) is 15.8. The Labute approximate surface area is 129 Å². The summed E-state index contributed by atoms with van der Waals surface area (Å²) < 4.78 is 32.1. The lowest BCUT2D eigenvalue weighted by atomic mass is 10.00. The third-order valence-corrected chi connectivity index (χ3v) is 4.53. The molecule has 0 radical (unpaired) electrons. The van der Waals surface area contributed by atoms with E-state index >= 15 is 0 Å². The predicted molar refractivity (Wildman–Crippen MR) is 85.5 cm³/mol. The predicted octanol–water partition coefficient (Wildman–Crippen LogP) is 2.71. The number of hydrogen-bond donors (Lipinski definition) is 1. The van der Waals surface area contributed by atoms with Crippen molar-refractivity contribution in [2.75, 3.05) is 5.75 Å². The van der Waals surface area contributed by atoms with E-state index in [1.165, 1.54) is 0 Å². The SMILES string of the molecule is CC[C@H](C)[C@H](NS(=O)(=O)CCC(C)C)C(=O)OC(C)(C)C. The number of carbonyl (C=O) groups is 1. The summed E-state index contributed by atoms with van der Waals surface area (Å²) in [5.41, 5.74) is -0.633. The van der Waals surface area contributed by atoms with E-state index in [0.717, 1.165) is 0 Å². The molecule has 5 nitrogen and oxygen atoms in total. The molecule has 0 fully saturated rings. The molecule has 0 bridgehead atoms. The molecule has 0 spiro atoms. The van der Waals surface area contributed by atoms with Crippen LogP contribution in [0.5, 0.6) is 0 Å². The number of ether oxygens (including phenoxy) is 1. The van der Waals surface area contributed by atoms with Gasteiger partial charge in [0.2, 0.25) is 10.0 Å². The molecule has 0 unspecified atom stereocenters. The monoisotopic (exact) mass is 321 g/mol. The fourth-order valence-corrected chi connectivity index (χ4v) is 3.26. The maximum Gasteiger partial charge on any atom is 0.324 e. The first-order chi connectivity index (χ1) is 9.38. The number of hydrogen-bond acceptors (Lipinski definition) is 4. The van der Waals surface area contributed by atoms with Gasteiger partial charge in [-0.3, -0.25) is 4.79 Å². The zero-order valence-electron chi connectivity index (χ0n) is 14.4. The lowest BCUT2D eigenvalue weighted by Crippen LogP contribution is -2.48. The second-order valence-electron chi connectivity index (χ2n) is 7.02. The molecule has 21 heavy (non-hydrogen) atoms. The molecule has 1 N–H and O–H groups in total. The summed E-state index contributed by atoms with van der Waals surface area (Å²) in [5, 5.41) is 0. The van der Waals surface area contributed by atoms with Crippen molar-refractivity contribution in [1.82, 2.24) is 4.72 Å². The second kappa shape index (κ2) is 8.13. The van der Waals surface area contributed by atoms with Crippen molar-refractivity contribution in [2.24, 2.45) is 11.8 Å². The van der Waals surface area contributed by atoms with Crippen LogP contribution in [0, 0.1) is 11.8 Å². The highest BCUT2D eigenvalue weighted by atomic mass is 32.2. The third-order valence-electron chi connectivity index (χ3n) is 3.14. The van der Waals surface area contributed by atoms with E-state index < -0.39 is 27.6 Å². The first kappa shape index (κ1) is 20.4. The van der Waals surface area contributed by atoms with Crippen LogP contribution in [-0.2, 0) is 19.6 Å². The fraction of sp³-hybridized carbons (Fsp3) is 0.933. The van der Waals surface area contributed by atoms with E-state index in [4.69, 9.17) is 4.74 Å². The molecule has 0 aromatic carbocycles. The van der Waals surface area contributed by atoms with Gasteiger partial charge in [0.05, 0.1) is 5.75 Å². The van der Waals surface area contributed by atoms with E-state index in [-0.39, 0.29) is 11.7 Å². The minimum absolute atomic E-state index is 0.0282. The standard InChI is InChI=1S/C15H31NO4S/c1-8-12(4)13(14(17)20-15(5,6)7)16-21(18,19)10-9-11(2)3/h11-13,16H,8-10H2,1-7H3/t12-,13-/m0/s1. The quantitative estimate of drug-likeness (QED) is 0.698. The summed E-state index contributed by atoms with van der Waals surface area (Å²) in [7, 11) is -3.48. The van der Waals surface area contributed by atoms with Crippen molar-refractivity contribution < 1.29 is 17.9 Å². The average molecular weight is 321 g/mol. The molecule has 0 aromatic rings. The Bertz CT molecular complexity index is 423. The van der Waals surface area contributed by atoms with Gasteiger partial charge in [-0.1, -0.05) is 34.1 Å². The van der Waals surface area contributed by atoms with Crippen molar-refractivity contribution in [2.45, 2.75) is 73.0 Å². The number of sulfonamides is 1. The highest BCUT2D eigenvalue weighted by Crippen LogP contribution is 2.16. The van der Waals surface area contributed by atoms with Crippen molar-refractivity contribution in [1.29, 1.82) is 0 Å². The minimum atomic E-state index is -3.48. The Balaban J connectivity index is 4.97. The van der Waals surface area contributed by atoms with Crippen molar-refractivity contribution >= 4 is 16.0 Å². The van der Waals surface area contributed by atoms with Gasteiger partial charge in [0.1, 0.15) is 11.6 Å². The second-order valence-corrected chi connectivity index (χ2v) is 8.89. The van der Waals surface area contributed by atoms with E-state index in [1.807, 2.05) is 27.7 Å². The topological polar surface area (TPSA) is 72.5 Å². The molecule has 0 aliphatic rings. The molecule has 0 saturated heterocycles. The maximum absolute atomic E-state index is 12.2. The van der Waals surface area contributed by atoms with Gasteiger partial charge in [-0.15, -0.1) is 0 Å². The molecule has 0 saturated carbocycles. The van der Waals surface area contributed by atoms with Gasteiger partial charge in [-0.2, -0.15) is 0 Å². The summed E-state index contributed by atoms with van der Waals surface area (Å²) in [6.07, 6.45) is 1.26. The molecular weight excluding hydrogens is 290 g/mol. The largest absolute Gasteiger partial charge is 0.459 e. The van der Waals surface area contributed by atoms with Gasteiger partial charge < -0.3 is 4.74 Å². The number of carbonyl (C=O) groups excluding carboxylic acids is 1. The molecule has 0 aliphatic carbocycles. The number of nitrogens with one attached hydrogen (secondary N) is 1. The first-order valence-electron chi connectivity index (χ1n) is 7.60. The van der Waals surface area contributed by atoms with E-state index in [1.54, 1.807) is 20.8 Å². The Morgan fingerprint density at radius 3 is 2.10 bits per heavy atom. The Hall–Kier alpha value is -0.620. The van der Waals surface area contributed by atoms with E-state index in [9.17, 15) is 13.2 Å². The van der Waals surface area contributed by atoms with Crippen molar-refractivity contribution in [3.05, 3.63) is 0 Å². The lowest BCUT2D eigenvalue weighted by molar-refractivity contribution is -0.158. The van der Waals surface area contributed by atoms with Gasteiger partial charge in [0.25, 0.3) is 0 Å². The zero-order chi connectivity index (χ0) is 16.8. The van der Waals surface area contributed by atoms with Crippen LogP contribution in [0.3, 0.4) is 0 Å². The van der Waals surface area contributed by atoms with Gasteiger partial charge >= 0.3 is 5.97 Å². The Morgan fingerprint density at radius 2 is 1.71 bits per heavy atom. The van der Waals surface area contributed by atoms with E-state index in [2.05, 4.69) is 4.72 Å². The third kappa shape index (κ3) is 9.09. The van der Waals surface area contributed by atoms with Crippen LogP contribution in [0.25, 0.3) is 0 Å². The molecule has 0 aromatic heterocycles. The summed E-state index contributed by atoms with van der Waals surface area (Å²) in [6.45, 7) is 13.0. The smallest absolute Gasteiger partial charge is 0.324 e. The molecule has 0 heterocycles. The molecule has 126 valence electrons. The molecule has 0 aliphatic heterocycles. The van der Waals surface area contributed by atoms with Crippen LogP contribution in [0.15, 0.2) is 0 Å².